The van der Waals surface area contributed by atoms with Crippen molar-refractivity contribution in [3.63, 3.8) is 0 Å². The molecule has 1 heterocycles. The summed E-state index contributed by atoms with van der Waals surface area (Å²) < 4.78 is 11.4. The van der Waals surface area contributed by atoms with E-state index in [1.54, 1.807) is 48.3 Å². The van der Waals surface area contributed by atoms with Gasteiger partial charge >= 0.3 is 0 Å². The third-order valence-electron chi connectivity index (χ3n) is 4.23. The molecule has 1 aromatic heterocycles. The van der Waals surface area contributed by atoms with E-state index in [9.17, 15) is 9.59 Å². The van der Waals surface area contributed by atoms with Crippen molar-refractivity contribution >= 4 is 33.4 Å². The van der Waals surface area contributed by atoms with Crippen LogP contribution in [0.2, 0.25) is 0 Å². The lowest BCUT2D eigenvalue weighted by Crippen LogP contribution is -2.31. The number of aryl methyl sites for hydroxylation is 1. The number of furan rings is 1. The zero-order valence-corrected chi connectivity index (χ0v) is 17.7. The van der Waals surface area contributed by atoms with Crippen molar-refractivity contribution in [2.75, 3.05) is 25.5 Å². The Morgan fingerprint density at radius 3 is 2.55 bits per heavy atom. The summed E-state index contributed by atoms with van der Waals surface area (Å²) in [6, 6.07) is 17.7. The van der Waals surface area contributed by atoms with Crippen molar-refractivity contribution in [3.05, 3.63) is 82.2 Å². The number of hydrogen-bond acceptors (Lipinski definition) is 4. The molecular formula is C22H21BrN2O4. The molecule has 3 aromatic rings. The number of halogens is 1. The Balaban J connectivity index is 1.56. The number of rotatable bonds is 7. The number of benzene rings is 2. The summed E-state index contributed by atoms with van der Waals surface area (Å²) in [5.41, 5.74) is 2.15. The average Bonchev–Trinajstić information content (AvgIpc) is 3.15. The van der Waals surface area contributed by atoms with Crippen LogP contribution in [0.1, 0.15) is 26.5 Å². The SMILES string of the molecule is Cc1ccc(OCCN(C)C(=O)c2cccc(NC(=O)c3ccc(Br)o3)c2)cc1. The van der Waals surface area contributed by atoms with E-state index in [1.165, 1.54) is 0 Å². The van der Waals surface area contributed by atoms with Gasteiger partial charge in [-0.2, -0.15) is 0 Å². The quantitative estimate of drug-likeness (QED) is 0.556. The van der Waals surface area contributed by atoms with Crippen LogP contribution < -0.4 is 10.1 Å². The minimum Gasteiger partial charge on any atom is -0.492 e. The predicted octanol–water partition coefficient (Wildman–Crippen LogP) is 4.75. The molecule has 0 fully saturated rings. The first-order chi connectivity index (χ1) is 13.9. The molecule has 0 aliphatic rings. The molecule has 0 aliphatic carbocycles. The number of likely N-dealkylation sites (N-methyl/N-ethyl adjacent to an activating group) is 1. The van der Waals surface area contributed by atoms with Crippen molar-refractivity contribution in [3.8, 4) is 5.75 Å². The minimum absolute atomic E-state index is 0.158. The molecule has 2 amide bonds. The molecule has 150 valence electrons. The molecule has 0 spiro atoms. The maximum Gasteiger partial charge on any atom is 0.291 e. The summed E-state index contributed by atoms with van der Waals surface area (Å²) in [7, 11) is 1.71. The highest BCUT2D eigenvalue weighted by molar-refractivity contribution is 9.10. The normalized spacial score (nSPS) is 10.4. The van der Waals surface area contributed by atoms with Gasteiger partial charge in [0.25, 0.3) is 11.8 Å². The van der Waals surface area contributed by atoms with E-state index < -0.39 is 0 Å². The van der Waals surface area contributed by atoms with Gasteiger partial charge in [-0.1, -0.05) is 23.8 Å². The number of carbonyl (C=O) groups is 2. The summed E-state index contributed by atoms with van der Waals surface area (Å²) >= 11 is 3.16. The van der Waals surface area contributed by atoms with Crippen molar-refractivity contribution in [1.29, 1.82) is 0 Å². The van der Waals surface area contributed by atoms with Crippen LogP contribution in [-0.2, 0) is 0 Å². The zero-order valence-electron chi connectivity index (χ0n) is 16.1. The van der Waals surface area contributed by atoms with Crippen LogP contribution >= 0.6 is 15.9 Å². The summed E-state index contributed by atoms with van der Waals surface area (Å²) in [4.78, 5) is 26.5. The molecule has 1 N–H and O–H groups in total. The highest BCUT2D eigenvalue weighted by Gasteiger charge is 2.14. The standard InChI is InChI=1S/C22H21BrN2O4/c1-15-6-8-18(9-7-15)28-13-12-25(2)22(27)16-4-3-5-17(14-16)24-21(26)19-10-11-20(23)29-19/h3-11,14H,12-13H2,1-2H3,(H,24,26). The molecule has 0 saturated heterocycles. The van der Waals surface area contributed by atoms with Gasteiger partial charge in [0.15, 0.2) is 10.4 Å². The molecule has 0 saturated carbocycles. The number of nitrogens with one attached hydrogen (secondary N) is 1. The fraction of sp³-hybridized carbons (Fsp3) is 0.182. The first kappa shape index (κ1) is 20.7. The number of amides is 2. The van der Waals surface area contributed by atoms with Crippen LogP contribution in [0.25, 0.3) is 0 Å². The molecule has 3 rings (SSSR count). The van der Waals surface area contributed by atoms with E-state index in [2.05, 4.69) is 21.2 Å². The second-order valence-electron chi connectivity index (χ2n) is 6.53. The molecule has 2 aromatic carbocycles. The topological polar surface area (TPSA) is 71.8 Å². The summed E-state index contributed by atoms with van der Waals surface area (Å²) in [6.45, 7) is 2.83. The number of carbonyl (C=O) groups excluding carboxylic acids is 2. The van der Waals surface area contributed by atoms with Gasteiger partial charge in [0, 0.05) is 18.3 Å². The van der Waals surface area contributed by atoms with Gasteiger partial charge < -0.3 is 19.4 Å². The maximum absolute atomic E-state index is 12.7. The van der Waals surface area contributed by atoms with Gasteiger partial charge in [-0.25, -0.2) is 0 Å². The Bertz CT molecular complexity index is 998. The zero-order chi connectivity index (χ0) is 20.8. The molecule has 0 unspecified atom stereocenters. The maximum atomic E-state index is 12.7. The lowest BCUT2D eigenvalue weighted by Gasteiger charge is -2.18. The van der Waals surface area contributed by atoms with Crippen LogP contribution in [0.15, 0.2) is 69.8 Å². The highest BCUT2D eigenvalue weighted by atomic mass is 79.9. The molecule has 29 heavy (non-hydrogen) atoms. The van der Waals surface area contributed by atoms with Crippen LogP contribution in [0.3, 0.4) is 0 Å². The molecule has 6 nitrogen and oxygen atoms in total. The van der Waals surface area contributed by atoms with Gasteiger partial charge in [-0.15, -0.1) is 0 Å². The van der Waals surface area contributed by atoms with E-state index >= 15 is 0 Å². The predicted molar refractivity (Wildman–Crippen MR) is 114 cm³/mol. The van der Waals surface area contributed by atoms with Crippen LogP contribution in [0.5, 0.6) is 5.75 Å². The fourth-order valence-electron chi connectivity index (χ4n) is 2.62. The molecule has 0 aliphatic heterocycles. The number of hydrogen-bond donors (Lipinski definition) is 1. The molecule has 0 bridgehead atoms. The summed E-state index contributed by atoms with van der Waals surface area (Å²) in [5.74, 6) is 0.402. The number of ether oxygens (including phenoxy) is 1. The molecule has 0 radical (unpaired) electrons. The number of nitrogens with zero attached hydrogens (tertiary/aromatic N) is 1. The summed E-state index contributed by atoms with van der Waals surface area (Å²) in [5, 5.41) is 2.73. The molecular weight excluding hydrogens is 436 g/mol. The van der Waals surface area contributed by atoms with E-state index in [0.29, 0.717) is 29.1 Å². The summed E-state index contributed by atoms with van der Waals surface area (Å²) in [6.07, 6.45) is 0. The van der Waals surface area contributed by atoms with Gasteiger partial charge in [0.05, 0.1) is 6.54 Å². The minimum atomic E-state index is -0.389. The first-order valence-corrected chi connectivity index (χ1v) is 9.83. The van der Waals surface area contributed by atoms with Gasteiger partial charge in [-0.3, -0.25) is 9.59 Å². The third-order valence-corrected chi connectivity index (χ3v) is 4.65. The Hall–Kier alpha value is -3.06. The highest BCUT2D eigenvalue weighted by Crippen LogP contribution is 2.17. The lowest BCUT2D eigenvalue weighted by atomic mass is 10.1. The second-order valence-corrected chi connectivity index (χ2v) is 7.31. The third kappa shape index (κ3) is 5.71. The van der Waals surface area contributed by atoms with E-state index in [1.807, 2.05) is 31.2 Å². The Labute approximate surface area is 177 Å². The Morgan fingerprint density at radius 1 is 1.10 bits per heavy atom. The van der Waals surface area contributed by atoms with Crippen molar-refractivity contribution in [2.45, 2.75) is 6.92 Å². The molecule has 0 atom stereocenters. The van der Waals surface area contributed by atoms with Crippen LogP contribution in [0, 0.1) is 6.92 Å². The smallest absolute Gasteiger partial charge is 0.291 e. The van der Waals surface area contributed by atoms with E-state index in [4.69, 9.17) is 9.15 Å². The number of anilines is 1. The second kappa shape index (κ2) is 9.43. The van der Waals surface area contributed by atoms with Crippen molar-refractivity contribution in [2.24, 2.45) is 0 Å². The largest absolute Gasteiger partial charge is 0.492 e. The van der Waals surface area contributed by atoms with E-state index in [0.717, 1.165) is 11.3 Å². The van der Waals surface area contributed by atoms with Crippen LogP contribution in [-0.4, -0.2) is 36.9 Å². The first-order valence-electron chi connectivity index (χ1n) is 9.04. The van der Waals surface area contributed by atoms with Gasteiger partial charge in [-0.05, 0) is 65.3 Å². The van der Waals surface area contributed by atoms with Crippen molar-refractivity contribution < 1.29 is 18.7 Å². The lowest BCUT2D eigenvalue weighted by molar-refractivity contribution is 0.0773. The fourth-order valence-corrected chi connectivity index (χ4v) is 2.92. The molecule has 7 heteroatoms. The Kier molecular flexibility index (Phi) is 6.72. The van der Waals surface area contributed by atoms with Crippen molar-refractivity contribution in [1.82, 2.24) is 4.90 Å². The Morgan fingerprint density at radius 2 is 1.86 bits per heavy atom. The van der Waals surface area contributed by atoms with Gasteiger partial charge in [0.1, 0.15) is 12.4 Å². The van der Waals surface area contributed by atoms with Crippen LogP contribution in [0.4, 0.5) is 5.69 Å². The van der Waals surface area contributed by atoms with Gasteiger partial charge in [0.2, 0.25) is 0 Å². The monoisotopic (exact) mass is 456 g/mol. The van der Waals surface area contributed by atoms with E-state index in [-0.39, 0.29) is 17.6 Å². The average molecular weight is 457 g/mol.